The Morgan fingerprint density at radius 3 is 2.72 bits per heavy atom. The molecule has 0 aromatic heterocycles. The van der Waals surface area contributed by atoms with Crippen LogP contribution in [0.1, 0.15) is 31.4 Å². The Bertz CT molecular complexity index is 433. The first-order chi connectivity index (χ1) is 8.05. The lowest BCUT2D eigenvalue weighted by molar-refractivity contribution is -0.118. The van der Waals surface area contributed by atoms with Gasteiger partial charge in [-0.3, -0.25) is 4.79 Å². The van der Waals surface area contributed by atoms with Crippen molar-refractivity contribution in [2.45, 2.75) is 31.4 Å². The highest BCUT2D eigenvalue weighted by atomic mass is 35.5. The molecular formula is C13H19ClN2O2. The number of methoxy groups -OCH3 is 1. The molecule has 0 aliphatic heterocycles. The number of benzene rings is 1. The van der Waals surface area contributed by atoms with Gasteiger partial charge < -0.3 is 15.8 Å². The number of nitrogens with two attached hydrogens (primary N) is 1. The van der Waals surface area contributed by atoms with Gasteiger partial charge in [-0.25, -0.2) is 0 Å². The third kappa shape index (κ3) is 3.22. The van der Waals surface area contributed by atoms with E-state index < -0.39 is 5.54 Å². The molecule has 18 heavy (non-hydrogen) atoms. The second-order valence-electron chi connectivity index (χ2n) is 4.61. The smallest absolute Gasteiger partial charge is 0.244 e. The number of halogens is 1. The summed E-state index contributed by atoms with van der Waals surface area (Å²) in [5.41, 5.74) is 7.00. The van der Waals surface area contributed by atoms with Crippen LogP contribution in [0.2, 0.25) is 0 Å². The zero-order valence-corrected chi connectivity index (χ0v) is 11.4. The molecule has 1 aromatic carbocycles. The van der Waals surface area contributed by atoms with Crippen molar-refractivity contribution in [1.82, 2.24) is 0 Å². The Morgan fingerprint density at radius 1 is 1.50 bits per heavy atom. The Morgan fingerprint density at radius 2 is 2.17 bits per heavy atom. The first-order valence-electron chi connectivity index (χ1n) is 5.78. The number of nitrogens with one attached hydrogen (secondary N) is 1. The van der Waals surface area contributed by atoms with Crippen LogP contribution in [0.15, 0.2) is 24.3 Å². The summed E-state index contributed by atoms with van der Waals surface area (Å²) >= 11 is 0. The molecule has 1 aliphatic rings. The van der Waals surface area contributed by atoms with Gasteiger partial charge in [0.1, 0.15) is 0 Å². The molecule has 1 aromatic rings. The van der Waals surface area contributed by atoms with E-state index in [2.05, 4.69) is 5.32 Å². The van der Waals surface area contributed by atoms with E-state index in [0.29, 0.717) is 0 Å². The summed E-state index contributed by atoms with van der Waals surface area (Å²) < 4.78 is 5.24. The number of ether oxygens (including phenoxy) is 1. The van der Waals surface area contributed by atoms with Gasteiger partial charge in [0.2, 0.25) is 5.91 Å². The fourth-order valence-corrected chi connectivity index (χ4v) is 1.62. The first-order valence-corrected chi connectivity index (χ1v) is 5.78. The normalized spacial score (nSPS) is 17.5. The molecule has 1 atom stereocenters. The van der Waals surface area contributed by atoms with Crippen molar-refractivity contribution in [2.75, 3.05) is 12.4 Å². The zero-order valence-electron chi connectivity index (χ0n) is 10.6. The number of carbonyl (C=O) groups excluding carboxylic acids is 1. The highest BCUT2D eigenvalue weighted by Gasteiger charge is 2.45. The highest BCUT2D eigenvalue weighted by Crippen LogP contribution is 2.33. The summed E-state index contributed by atoms with van der Waals surface area (Å²) in [6.07, 6.45) is 1.56. The largest absolute Gasteiger partial charge is 0.377 e. The van der Waals surface area contributed by atoms with E-state index in [1.807, 2.05) is 31.2 Å². The molecule has 1 aliphatic carbocycles. The van der Waals surface area contributed by atoms with Crippen LogP contribution < -0.4 is 11.1 Å². The molecule has 0 spiro atoms. The van der Waals surface area contributed by atoms with Crippen LogP contribution in [0.4, 0.5) is 5.69 Å². The molecule has 2 rings (SSSR count). The minimum Gasteiger partial charge on any atom is -0.377 e. The molecule has 1 fully saturated rings. The number of amides is 1. The van der Waals surface area contributed by atoms with E-state index in [1.165, 1.54) is 0 Å². The summed E-state index contributed by atoms with van der Waals surface area (Å²) in [7, 11) is 1.66. The van der Waals surface area contributed by atoms with Gasteiger partial charge >= 0.3 is 0 Å². The van der Waals surface area contributed by atoms with Crippen LogP contribution in [-0.2, 0) is 9.53 Å². The maximum Gasteiger partial charge on any atom is 0.244 e. The van der Waals surface area contributed by atoms with Gasteiger partial charge in [0, 0.05) is 12.8 Å². The number of hydrogen-bond acceptors (Lipinski definition) is 3. The van der Waals surface area contributed by atoms with Crippen molar-refractivity contribution in [1.29, 1.82) is 0 Å². The van der Waals surface area contributed by atoms with E-state index >= 15 is 0 Å². The Balaban J connectivity index is 0.00000162. The van der Waals surface area contributed by atoms with Crippen molar-refractivity contribution in [3.05, 3.63) is 29.8 Å². The second kappa shape index (κ2) is 5.69. The van der Waals surface area contributed by atoms with Crippen molar-refractivity contribution < 1.29 is 9.53 Å². The fourth-order valence-electron chi connectivity index (χ4n) is 1.62. The summed E-state index contributed by atoms with van der Waals surface area (Å²) in [4.78, 5) is 11.8. The average Bonchev–Trinajstić information content (AvgIpc) is 3.08. The molecule has 1 unspecified atom stereocenters. The topological polar surface area (TPSA) is 64.3 Å². The monoisotopic (exact) mass is 270 g/mol. The van der Waals surface area contributed by atoms with Gasteiger partial charge in [0.05, 0.1) is 11.6 Å². The molecular weight excluding hydrogens is 252 g/mol. The predicted molar refractivity (Wildman–Crippen MR) is 73.9 cm³/mol. The van der Waals surface area contributed by atoms with E-state index in [1.54, 1.807) is 7.11 Å². The highest BCUT2D eigenvalue weighted by molar-refractivity contribution is 6.00. The lowest BCUT2D eigenvalue weighted by Gasteiger charge is -2.13. The molecule has 100 valence electrons. The Kier molecular flexibility index (Phi) is 4.73. The van der Waals surface area contributed by atoms with Gasteiger partial charge in [-0.15, -0.1) is 12.4 Å². The molecule has 1 amide bonds. The van der Waals surface area contributed by atoms with Crippen LogP contribution in [0.25, 0.3) is 0 Å². The predicted octanol–water partition coefficient (Wildman–Crippen LogP) is 2.25. The van der Waals surface area contributed by atoms with Gasteiger partial charge in [-0.1, -0.05) is 12.1 Å². The van der Waals surface area contributed by atoms with E-state index in [9.17, 15) is 4.79 Å². The van der Waals surface area contributed by atoms with Gasteiger partial charge in [-0.05, 0) is 37.5 Å². The molecule has 0 heterocycles. The van der Waals surface area contributed by atoms with Crippen molar-refractivity contribution >= 4 is 24.0 Å². The van der Waals surface area contributed by atoms with Gasteiger partial charge in [0.15, 0.2) is 0 Å². The number of anilines is 1. The third-order valence-corrected chi connectivity index (χ3v) is 3.21. The van der Waals surface area contributed by atoms with Crippen molar-refractivity contribution in [3.63, 3.8) is 0 Å². The summed E-state index contributed by atoms with van der Waals surface area (Å²) in [5.74, 6) is -0.0975. The molecule has 0 bridgehead atoms. The standard InChI is InChI=1S/C13H18N2O2.ClH/c1-9(17-2)10-4-3-5-11(8-10)15-12(16)13(14)6-7-13;/h3-5,8-9H,6-7,14H2,1-2H3,(H,15,16);1H. The number of carbonyl (C=O) groups is 1. The molecule has 1 saturated carbocycles. The van der Waals surface area contributed by atoms with Crippen LogP contribution >= 0.6 is 12.4 Å². The fraction of sp³-hybridized carbons (Fsp3) is 0.462. The Labute approximate surface area is 113 Å². The first kappa shape index (κ1) is 15.0. The molecule has 3 N–H and O–H groups in total. The summed E-state index contributed by atoms with van der Waals surface area (Å²) in [6, 6.07) is 7.64. The number of hydrogen-bond donors (Lipinski definition) is 2. The lowest BCUT2D eigenvalue weighted by atomic mass is 10.1. The van der Waals surface area contributed by atoms with Crippen LogP contribution in [-0.4, -0.2) is 18.6 Å². The minimum atomic E-state index is -0.636. The number of rotatable bonds is 4. The van der Waals surface area contributed by atoms with Crippen LogP contribution in [0.3, 0.4) is 0 Å². The van der Waals surface area contributed by atoms with Gasteiger partial charge in [0.25, 0.3) is 0 Å². The van der Waals surface area contributed by atoms with E-state index in [-0.39, 0.29) is 24.4 Å². The summed E-state index contributed by atoms with van der Waals surface area (Å²) in [5, 5.41) is 2.84. The average molecular weight is 271 g/mol. The van der Waals surface area contributed by atoms with E-state index in [0.717, 1.165) is 24.1 Å². The van der Waals surface area contributed by atoms with E-state index in [4.69, 9.17) is 10.5 Å². The third-order valence-electron chi connectivity index (χ3n) is 3.21. The van der Waals surface area contributed by atoms with Crippen molar-refractivity contribution in [2.24, 2.45) is 5.73 Å². The summed E-state index contributed by atoms with van der Waals surface area (Å²) in [6.45, 7) is 1.96. The maximum atomic E-state index is 11.8. The molecule has 0 saturated heterocycles. The molecule has 4 nitrogen and oxygen atoms in total. The Hall–Kier alpha value is -1.10. The maximum absolute atomic E-state index is 11.8. The van der Waals surface area contributed by atoms with Gasteiger partial charge in [-0.2, -0.15) is 0 Å². The molecule has 5 heteroatoms. The van der Waals surface area contributed by atoms with Crippen LogP contribution in [0.5, 0.6) is 0 Å². The minimum absolute atomic E-state index is 0. The SMILES string of the molecule is COC(C)c1cccc(NC(=O)C2(N)CC2)c1.Cl. The van der Waals surface area contributed by atoms with Crippen molar-refractivity contribution in [3.8, 4) is 0 Å². The zero-order chi connectivity index (χ0) is 12.5. The second-order valence-corrected chi connectivity index (χ2v) is 4.61. The molecule has 0 radical (unpaired) electrons. The quantitative estimate of drug-likeness (QED) is 0.882. The van der Waals surface area contributed by atoms with Crippen LogP contribution in [0, 0.1) is 0 Å². The lowest BCUT2D eigenvalue weighted by Crippen LogP contribution is -2.37.